The number of rotatable bonds is 1. The Hall–Kier alpha value is -1.91. The maximum atomic E-state index is 12.7. The van der Waals surface area contributed by atoms with Gasteiger partial charge in [-0.05, 0) is 47.7 Å². The number of aromatic nitrogens is 5. The third kappa shape index (κ3) is 2.60. The molecule has 1 aliphatic rings. The number of nitrogens with zero attached hydrogens (tertiary/aromatic N) is 5. The van der Waals surface area contributed by atoms with E-state index in [0.717, 1.165) is 26.2 Å². The second kappa shape index (κ2) is 5.30. The van der Waals surface area contributed by atoms with Crippen molar-refractivity contribution in [2.75, 3.05) is 0 Å². The van der Waals surface area contributed by atoms with Crippen molar-refractivity contribution in [3.63, 3.8) is 0 Å². The average Bonchev–Trinajstić information content (AvgIpc) is 2.99. The van der Waals surface area contributed by atoms with Gasteiger partial charge in [-0.15, -0.1) is 0 Å². The van der Waals surface area contributed by atoms with Crippen molar-refractivity contribution in [2.45, 2.75) is 26.1 Å². The number of halogens is 4. The van der Waals surface area contributed by atoms with Gasteiger partial charge in [-0.25, -0.2) is 14.6 Å². The Morgan fingerprint density at radius 3 is 2.83 bits per heavy atom. The molecule has 0 aliphatic carbocycles. The Labute approximate surface area is 148 Å². The molecular formula is C15H11F3IN5. The minimum absolute atomic E-state index is 0.215. The average molecular weight is 445 g/mol. The molecule has 3 aromatic rings. The zero-order valence-corrected chi connectivity index (χ0v) is 14.6. The standard InChI is InChI=1S/C15H11F3IN5/c1-8-12-6-24-14(21-13(22-24)5-15(16,17)18)10-4-9(19)2-3-11(10)23(12)7-20-8/h2-4,7H,5-6H2,1H3. The van der Waals surface area contributed by atoms with Crippen molar-refractivity contribution in [3.8, 4) is 17.1 Å². The van der Waals surface area contributed by atoms with Crippen LogP contribution in [0.5, 0.6) is 0 Å². The lowest BCUT2D eigenvalue weighted by Gasteiger charge is -2.09. The maximum Gasteiger partial charge on any atom is 0.396 e. The molecule has 0 atom stereocenters. The van der Waals surface area contributed by atoms with Crippen LogP contribution in [0.15, 0.2) is 24.5 Å². The molecule has 1 aliphatic heterocycles. The summed E-state index contributed by atoms with van der Waals surface area (Å²) in [6, 6.07) is 5.77. The smallest absolute Gasteiger partial charge is 0.300 e. The number of benzene rings is 1. The number of hydrogen-bond acceptors (Lipinski definition) is 3. The van der Waals surface area contributed by atoms with Crippen LogP contribution in [0.4, 0.5) is 13.2 Å². The Kier molecular flexibility index (Phi) is 3.44. The third-order valence-corrected chi connectivity index (χ3v) is 4.58. The second-order valence-corrected chi connectivity index (χ2v) is 6.86. The quantitative estimate of drug-likeness (QED) is 0.422. The highest BCUT2D eigenvalue weighted by Crippen LogP contribution is 2.33. The third-order valence-electron chi connectivity index (χ3n) is 3.91. The van der Waals surface area contributed by atoms with Crippen LogP contribution in [0.2, 0.25) is 0 Å². The van der Waals surface area contributed by atoms with Gasteiger partial charge in [-0.1, -0.05) is 0 Å². The van der Waals surface area contributed by atoms with Crippen LogP contribution in [0.25, 0.3) is 17.1 Å². The van der Waals surface area contributed by atoms with Gasteiger partial charge in [0, 0.05) is 9.13 Å². The SMILES string of the molecule is Cc1ncn2c1Cn1nc(CC(F)(F)F)nc1-c1cc(I)ccc1-2. The summed E-state index contributed by atoms with van der Waals surface area (Å²) in [5.41, 5.74) is 3.30. The highest BCUT2D eigenvalue weighted by molar-refractivity contribution is 14.1. The molecule has 0 unspecified atom stereocenters. The number of hydrogen-bond donors (Lipinski definition) is 0. The number of alkyl halides is 3. The molecule has 24 heavy (non-hydrogen) atoms. The number of imidazole rings is 1. The Balaban J connectivity index is 1.94. The Bertz CT molecular complexity index is 941. The van der Waals surface area contributed by atoms with Gasteiger partial charge < -0.3 is 4.57 Å². The van der Waals surface area contributed by atoms with Crippen LogP contribution in [0.3, 0.4) is 0 Å². The summed E-state index contributed by atoms with van der Waals surface area (Å²) in [7, 11) is 0. The molecule has 0 radical (unpaired) electrons. The highest BCUT2D eigenvalue weighted by atomic mass is 127. The molecule has 3 heterocycles. The first-order valence-electron chi connectivity index (χ1n) is 7.15. The van der Waals surface area contributed by atoms with Crippen LogP contribution in [0, 0.1) is 10.5 Å². The molecule has 0 bridgehead atoms. The normalized spacial score (nSPS) is 13.2. The molecule has 4 rings (SSSR count). The van der Waals surface area contributed by atoms with Crippen molar-refractivity contribution in [1.82, 2.24) is 24.3 Å². The van der Waals surface area contributed by atoms with E-state index in [0.29, 0.717) is 12.4 Å². The predicted molar refractivity (Wildman–Crippen MR) is 88.9 cm³/mol. The molecule has 1 aromatic carbocycles. The van der Waals surface area contributed by atoms with Crippen LogP contribution in [-0.2, 0) is 13.0 Å². The number of aryl methyl sites for hydroxylation is 1. The van der Waals surface area contributed by atoms with Gasteiger partial charge in [0.15, 0.2) is 11.6 Å². The molecule has 9 heteroatoms. The van der Waals surface area contributed by atoms with E-state index >= 15 is 0 Å². The van der Waals surface area contributed by atoms with E-state index in [9.17, 15) is 13.2 Å². The van der Waals surface area contributed by atoms with Crippen LogP contribution >= 0.6 is 22.6 Å². The van der Waals surface area contributed by atoms with Gasteiger partial charge in [0.2, 0.25) is 0 Å². The molecule has 124 valence electrons. The maximum absolute atomic E-state index is 12.7. The first kappa shape index (κ1) is 15.6. The van der Waals surface area contributed by atoms with E-state index < -0.39 is 12.6 Å². The largest absolute Gasteiger partial charge is 0.396 e. The molecule has 0 amide bonds. The van der Waals surface area contributed by atoms with Crippen molar-refractivity contribution in [1.29, 1.82) is 0 Å². The lowest BCUT2D eigenvalue weighted by atomic mass is 10.1. The van der Waals surface area contributed by atoms with Gasteiger partial charge in [-0.2, -0.15) is 18.3 Å². The van der Waals surface area contributed by atoms with Crippen LogP contribution < -0.4 is 0 Å². The van der Waals surface area contributed by atoms with E-state index in [2.05, 4.69) is 37.7 Å². The monoisotopic (exact) mass is 445 g/mol. The van der Waals surface area contributed by atoms with Gasteiger partial charge >= 0.3 is 6.18 Å². The van der Waals surface area contributed by atoms with E-state index in [4.69, 9.17) is 0 Å². The van der Waals surface area contributed by atoms with Gasteiger partial charge in [0.1, 0.15) is 6.42 Å². The van der Waals surface area contributed by atoms with Gasteiger partial charge in [-0.3, -0.25) is 0 Å². The van der Waals surface area contributed by atoms with Crippen molar-refractivity contribution in [2.24, 2.45) is 0 Å². The lowest BCUT2D eigenvalue weighted by Crippen LogP contribution is -2.13. The van der Waals surface area contributed by atoms with Crippen LogP contribution in [0.1, 0.15) is 17.2 Å². The molecular weight excluding hydrogens is 434 g/mol. The summed E-state index contributed by atoms with van der Waals surface area (Å²) in [4.78, 5) is 8.49. The van der Waals surface area contributed by atoms with Crippen LogP contribution in [-0.4, -0.2) is 30.5 Å². The summed E-state index contributed by atoms with van der Waals surface area (Å²) in [5.74, 6) is 0.235. The van der Waals surface area contributed by atoms with E-state index in [-0.39, 0.29) is 5.82 Å². The summed E-state index contributed by atoms with van der Waals surface area (Å²) in [6.45, 7) is 2.20. The van der Waals surface area contributed by atoms with E-state index in [1.54, 1.807) is 6.33 Å². The summed E-state index contributed by atoms with van der Waals surface area (Å²) in [6.07, 6.45) is -3.75. The topological polar surface area (TPSA) is 48.5 Å². The molecule has 2 aromatic heterocycles. The molecule has 0 fully saturated rings. The van der Waals surface area contributed by atoms with E-state index in [1.807, 2.05) is 29.7 Å². The number of fused-ring (bicyclic) bond motifs is 5. The summed E-state index contributed by atoms with van der Waals surface area (Å²) in [5, 5.41) is 4.09. The summed E-state index contributed by atoms with van der Waals surface area (Å²) < 4.78 is 42.5. The fourth-order valence-corrected chi connectivity index (χ4v) is 3.34. The van der Waals surface area contributed by atoms with Crippen molar-refractivity contribution < 1.29 is 13.2 Å². The Morgan fingerprint density at radius 1 is 1.29 bits per heavy atom. The first-order valence-corrected chi connectivity index (χ1v) is 8.23. The Morgan fingerprint density at radius 2 is 2.08 bits per heavy atom. The van der Waals surface area contributed by atoms with Crippen molar-refractivity contribution >= 4 is 22.6 Å². The zero-order valence-electron chi connectivity index (χ0n) is 12.5. The molecule has 0 saturated heterocycles. The fraction of sp³-hybridized carbons (Fsp3) is 0.267. The highest BCUT2D eigenvalue weighted by Gasteiger charge is 2.32. The predicted octanol–water partition coefficient (Wildman–Crippen LogP) is 3.51. The second-order valence-electron chi connectivity index (χ2n) is 5.61. The minimum atomic E-state index is -4.33. The van der Waals surface area contributed by atoms with Gasteiger partial charge in [0.05, 0.1) is 29.9 Å². The first-order chi connectivity index (χ1) is 11.3. The van der Waals surface area contributed by atoms with Crippen molar-refractivity contribution in [3.05, 3.63) is 45.3 Å². The minimum Gasteiger partial charge on any atom is -0.300 e. The molecule has 0 saturated carbocycles. The van der Waals surface area contributed by atoms with E-state index in [1.165, 1.54) is 4.68 Å². The summed E-state index contributed by atoms with van der Waals surface area (Å²) >= 11 is 2.17. The molecule has 0 spiro atoms. The van der Waals surface area contributed by atoms with Gasteiger partial charge in [0.25, 0.3) is 0 Å². The zero-order chi connectivity index (χ0) is 17.1. The molecule has 5 nitrogen and oxygen atoms in total. The molecule has 0 N–H and O–H groups in total. The lowest BCUT2D eigenvalue weighted by molar-refractivity contribution is -0.128. The fourth-order valence-electron chi connectivity index (χ4n) is 2.85.